The molecule has 104 valence electrons. The number of hydrogen-bond acceptors (Lipinski definition) is 5. The van der Waals surface area contributed by atoms with Crippen LogP contribution in [0.15, 0.2) is 0 Å². The summed E-state index contributed by atoms with van der Waals surface area (Å²) < 4.78 is 44.1. The Labute approximate surface area is 104 Å². The summed E-state index contributed by atoms with van der Waals surface area (Å²) >= 11 is 0. The zero-order valence-electron chi connectivity index (χ0n) is 10.8. The average molecular weight is 286 g/mol. The van der Waals surface area contributed by atoms with Gasteiger partial charge in [-0.25, -0.2) is 16.8 Å². The van der Waals surface area contributed by atoms with Crippen LogP contribution in [0.25, 0.3) is 0 Å². The molecule has 1 N–H and O–H groups in total. The number of hydrogen-bond donors (Lipinski definition) is 1. The van der Waals surface area contributed by atoms with Gasteiger partial charge in [-0.15, -0.1) is 0 Å². The lowest BCUT2D eigenvalue weighted by atomic mass is 10.0. The molecule has 0 aromatic heterocycles. The molecule has 0 rings (SSSR count). The van der Waals surface area contributed by atoms with E-state index in [0.29, 0.717) is 0 Å². The molecule has 17 heavy (non-hydrogen) atoms. The molecule has 7 heteroatoms. The third-order valence-corrected chi connectivity index (χ3v) is 7.10. The highest BCUT2D eigenvalue weighted by Crippen LogP contribution is 2.23. The van der Waals surface area contributed by atoms with Crippen molar-refractivity contribution in [1.29, 1.82) is 0 Å². The third-order valence-electron chi connectivity index (χ3n) is 3.13. The molecule has 5 nitrogen and oxygen atoms in total. The van der Waals surface area contributed by atoms with Gasteiger partial charge in [-0.3, -0.25) is 0 Å². The quantitative estimate of drug-likeness (QED) is 0.731. The molecule has 0 amide bonds. The summed E-state index contributed by atoms with van der Waals surface area (Å²) in [6.07, 6.45) is 0.457. The Bertz CT molecular complexity index is 433. The fourth-order valence-electron chi connectivity index (χ4n) is 1.24. The van der Waals surface area contributed by atoms with Gasteiger partial charge in [0.15, 0.2) is 9.84 Å². The van der Waals surface area contributed by atoms with Gasteiger partial charge in [0.25, 0.3) is 0 Å². The number of sulfone groups is 2. The second-order valence-electron chi connectivity index (χ2n) is 4.77. The topological polar surface area (TPSA) is 88.5 Å². The summed E-state index contributed by atoms with van der Waals surface area (Å²) in [5.74, 6) is 0.0545. The Balaban J connectivity index is 4.45. The molecule has 0 aromatic carbocycles. The van der Waals surface area contributed by atoms with Crippen LogP contribution < -0.4 is 0 Å². The van der Waals surface area contributed by atoms with Gasteiger partial charge in [-0.05, 0) is 26.7 Å². The summed E-state index contributed by atoms with van der Waals surface area (Å²) in [6, 6.07) is 0. The molecule has 0 saturated heterocycles. The van der Waals surface area contributed by atoms with Gasteiger partial charge in [0, 0.05) is 12.0 Å². The predicted molar refractivity (Wildman–Crippen MR) is 68.5 cm³/mol. The van der Waals surface area contributed by atoms with E-state index in [1.165, 1.54) is 13.8 Å². The fraction of sp³-hybridized carbons (Fsp3) is 1.00. The molecule has 0 spiro atoms. The van der Waals surface area contributed by atoms with Gasteiger partial charge in [0.1, 0.15) is 9.84 Å². The standard InChI is InChI=1S/C10H22O5S2/c1-5-17(14,15)8-6-7-9(11)10(2,3)16(4,12)13/h9,11H,5-8H2,1-4H3. The molecule has 0 aromatic rings. The van der Waals surface area contributed by atoms with Gasteiger partial charge < -0.3 is 5.11 Å². The van der Waals surface area contributed by atoms with Crippen LogP contribution in [-0.4, -0.2) is 50.6 Å². The van der Waals surface area contributed by atoms with E-state index in [1.54, 1.807) is 6.92 Å². The molecular weight excluding hydrogens is 264 g/mol. The number of aliphatic hydroxyl groups excluding tert-OH is 1. The molecule has 0 heterocycles. The number of rotatable bonds is 7. The Kier molecular flexibility index (Phi) is 5.62. The largest absolute Gasteiger partial charge is 0.392 e. The first-order chi connectivity index (χ1) is 7.44. The normalized spacial score (nSPS) is 15.8. The van der Waals surface area contributed by atoms with Crippen LogP contribution in [0.1, 0.15) is 33.6 Å². The van der Waals surface area contributed by atoms with Gasteiger partial charge in [-0.2, -0.15) is 0 Å². The first-order valence-corrected chi connectivity index (χ1v) is 9.23. The lowest BCUT2D eigenvalue weighted by Crippen LogP contribution is -2.43. The van der Waals surface area contributed by atoms with E-state index in [4.69, 9.17) is 0 Å². The maximum atomic E-state index is 11.4. The Morgan fingerprint density at radius 1 is 1.18 bits per heavy atom. The van der Waals surface area contributed by atoms with E-state index in [2.05, 4.69) is 0 Å². The van der Waals surface area contributed by atoms with Gasteiger partial charge in [0.05, 0.1) is 16.6 Å². The second-order valence-corrected chi connectivity index (χ2v) is 9.84. The van der Waals surface area contributed by atoms with Crippen LogP contribution in [0.3, 0.4) is 0 Å². The minimum Gasteiger partial charge on any atom is -0.392 e. The van der Waals surface area contributed by atoms with E-state index >= 15 is 0 Å². The summed E-state index contributed by atoms with van der Waals surface area (Å²) in [4.78, 5) is 0. The fourth-order valence-corrected chi connectivity index (χ4v) is 2.74. The van der Waals surface area contributed by atoms with Crippen molar-refractivity contribution in [3.8, 4) is 0 Å². The molecule has 0 aliphatic heterocycles. The highest BCUT2D eigenvalue weighted by molar-refractivity contribution is 7.92. The van der Waals surface area contributed by atoms with Crippen molar-refractivity contribution in [2.75, 3.05) is 17.8 Å². The molecule has 0 aliphatic rings. The molecule has 1 atom stereocenters. The smallest absolute Gasteiger partial charge is 0.155 e. The van der Waals surface area contributed by atoms with Crippen molar-refractivity contribution in [3.63, 3.8) is 0 Å². The molecular formula is C10H22O5S2. The first kappa shape index (κ1) is 16.9. The lowest BCUT2D eigenvalue weighted by molar-refractivity contribution is 0.127. The molecule has 0 fully saturated rings. The van der Waals surface area contributed by atoms with Crippen LogP contribution in [0.5, 0.6) is 0 Å². The van der Waals surface area contributed by atoms with Crippen molar-refractivity contribution in [2.24, 2.45) is 0 Å². The molecule has 0 aliphatic carbocycles. The van der Waals surface area contributed by atoms with Crippen molar-refractivity contribution >= 4 is 19.7 Å². The third kappa shape index (κ3) is 4.93. The Morgan fingerprint density at radius 3 is 2.00 bits per heavy atom. The number of aliphatic hydroxyl groups is 1. The van der Waals surface area contributed by atoms with Crippen LogP contribution in [0.4, 0.5) is 0 Å². The van der Waals surface area contributed by atoms with Crippen molar-refractivity contribution in [1.82, 2.24) is 0 Å². The van der Waals surface area contributed by atoms with E-state index in [1.807, 2.05) is 0 Å². The Hall–Kier alpha value is -0.140. The van der Waals surface area contributed by atoms with Gasteiger partial charge >= 0.3 is 0 Å². The maximum absolute atomic E-state index is 11.4. The lowest BCUT2D eigenvalue weighted by Gasteiger charge is -2.28. The van der Waals surface area contributed by atoms with Crippen LogP contribution in [0, 0.1) is 0 Å². The van der Waals surface area contributed by atoms with Crippen LogP contribution in [-0.2, 0) is 19.7 Å². The van der Waals surface area contributed by atoms with E-state index < -0.39 is 30.5 Å². The zero-order chi connectivity index (χ0) is 13.9. The second kappa shape index (κ2) is 5.67. The van der Waals surface area contributed by atoms with Gasteiger partial charge in [0.2, 0.25) is 0 Å². The van der Waals surface area contributed by atoms with E-state index in [0.717, 1.165) is 6.26 Å². The van der Waals surface area contributed by atoms with Crippen molar-refractivity contribution < 1.29 is 21.9 Å². The summed E-state index contributed by atoms with van der Waals surface area (Å²) in [5, 5.41) is 9.81. The SMILES string of the molecule is CCS(=O)(=O)CCCC(O)C(C)(C)S(C)(=O)=O. The average Bonchev–Trinajstić information content (AvgIpc) is 2.15. The summed E-state index contributed by atoms with van der Waals surface area (Å²) in [6.45, 7) is 4.45. The first-order valence-electron chi connectivity index (χ1n) is 5.52. The maximum Gasteiger partial charge on any atom is 0.155 e. The van der Waals surface area contributed by atoms with Crippen LogP contribution >= 0.6 is 0 Å². The van der Waals surface area contributed by atoms with E-state index in [-0.39, 0.29) is 24.3 Å². The van der Waals surface area contributed by atoms with Gasteiger partial charge in [-0.1, -0.05) is 6.92 Å². The predicted octanol–water partition coefficient (Wildman–Crippen LogP) is 0.385. The monoisotopic (exact) mass is 286 g/mol. The Morgan fingerprint density at radius 2 is 1.65 bits per heavy atom. The van der Waals surface area contributed by atoms with Crippen LogP contribution in [0.2, 0.25) is 0 Å². The van der Waals surface area contributed by atoms with Crippen molar-refractivity contribution in [3.05, 3.63) is 0 Å². The van der Waals surface area contributed by atoms with E-state index in [9.17, 15) is 21.9 Å². The molecule has 0 radical (unpaired) electrons. The minimum absolute atomic E-state index is 0.0135. The highest BCUT2D eigenvalue weighted by atomic mass is 32.2. The molecule has 0 saturated carbocycles. The van der Waals surface area contributed by atoms with Crippen molar-refractivity contribution in [2.45, 2.75) is 44.5 Å². The molecule has 0 bridgehead atoms. The highest BCUT2D eigenvalue weighted by Gasteiger charge is 2.37. The summed E-state index contributed by atoms with van der Waals surface area (Å²) in [5.41, 5.74) is 0. The molecule has 1 unspecified atom stereocenters. The minimum atomic E-state index is -3.37. The zero-order valence-corrected chi connectivity index (χ0v) is 12.4. The summed E-state index contributed by atoms with van der Waals surface area (Å²) in [7, 11) is -6.43.